The first kappa shape index (κ1) is 30.7. The summed E-state index contributed by atoms with van der Waals surface area (Å²) in [5, 5.41) is 3.56. The number of hydrogen-bond acceptors (Lipinski definition) is 4. The molecule has 0 unspecified atom stereocenters. The average Bonchev–Trinajstić information content (AvgIpc) is 2.90. The van der Waals surface area contributed by atoms with Gasteiger partial charge in [0.1, 0.15) is 12.6 Å². The van der Waals surface area contributed by atoms with Gasteiger partial charge < -0.3 is 10.2 Å². The molecule has 10 heteroatoms. The van der Waals surface area contributed by atoms with Crippen molar-refractivity contribution in [2.24, 2.45) is 0 Å². The number of rotatable bonds is 12. The highest BCUT2D eigenvalue weighted by Gasteiger charge is 2.33. The number of benzene rings is 3. The van der Waals surface area contributed by atoms with Gasteiger partial charge in [-0.05, 0) is 54.8 Å². The normalized spacial score (nSPS) is 12.8. The van der Waals surface area contributed by atoms with Crippen LogP contribution in [0.5, 0.6) is 0 Å². The lowest BCUT2D eigenvalue weighted by molar-refractivity contribution is -0.140. The van der Waals surface area contributed by atoms with Crippen molar-refractivity contribution in [3.05, 3.63) is 99.5 Å². The van der Waals surface area contributed by atoms with Crippen LogP contribution < -0.4 is 9.62 Å². The molecule has 208 valence electrons. The summed E-state index contributed by atoms with van der Waals surface area (Å²) in [6.07, 6.45) is 2.04. The molecule has 3 rings (SSSR count). The van der Waals surface area contributed by atoms with Crippen LogP contribution in [-0.2, 0) is 32.6 Å². The van der Waals surface area contributed by atoms with E-state index >= 15 is 0 Å². The number of hydrogen-bond donors (Lipinski definition) is 1. The lowest BCUT2D eigenvalue weighted by Gasteiger charge is -2.34. The van der Waals surface area contributed by atoms with E-state index in [4.69, 9.17) is 11.6 Å². The molecule has 0 radical (unpaired) electrons. The van der Waals surface area contributed by atoms with Gasteiger partial charge in [0.25, 0.3) is 0 Å². The van der Waals surface area contributed by atoms with Crippen molar-refractivity contribution in [3.8, 4) is 0 Å². The standard InChI is InChI=1S/C29H33BrClN3O4S/c1-4-21(2)32-29(36)27(17-22-9-6-5-7-10-22)33(19-23-13-15-25(31)16-14-23)28(35)20-34(39(3,37)38)26-12-8-11-24(30)18-26/h5-16,18,21,27H,4,17,19-20H2,1-3H3,(H,32,36)/t21-,27-/m0/s1. The second-order valence-corrected chi connectivity index (χ2v) is 12.7. The first-order valence-corrected chi connectivity index (χ1v) is 15.6. The predicted octanol–water partition coefficient (Wildman–Crippen LogP) is 5.42. The van der Waals surface area contributed by atoms with Crippen molar-refractivity contribution in [2.45, 2.75) is 45.3 Å². The van der Waals surface area contributed by atoms with Crippen molar-refractivity contribution in [2.75, 3.05) is 17.1 Å². The molecular formula is C29H33BrClN3O4S. The Morgan fingerprint density at radius 3 is 2.23 bits per heavy atom. The van der Waals surface area contributed by atoms with Gasteiger partial charge in [0, 0.05) is 28.5 Å². The summed E-state index contributed by atoms with van der Waals surface area (Å²) in [6.45, 7) is 3.50. The third-order valence-electron chi connectivity index (χ3n) is 6.31. The molecule has 0 aliphatic carbocycles. The van der Waals surface area contributed by atoms with Crippen molar-refractivity contribution >= 4 is 55.1 Å². The van der Waals surface area contributed by atoms with E-state index in [0.29, 0.717) is 15.2 Å². The monoisotopic (exact) mass is 633 g/mol. The summed E-state index contributed by atoms with van der Waals surface area (Å²) in [4.78, 5) is 29.1. The minimum Gasteiger partial charge on any atom is -0.352 e. The van der Waals surface area contributed by atoms with Gasteiger partial charge in [-0.3, -0.25) is 13.9 Å². The lowest BCUT2D eigenvalue weighted by Crippen LogP contribution is -2.54. The number of nitrogens with zero attached hydrogens (tertiary/aromatic N) is 2. The Balaban J connectivity index is 2.05. The Labute approximate surface area is 244 Å². The van der Waals surface area contributed by atoms with Crippen molar-refractivity contribution < 1.29 is 18.0 Å². The Hall–Kier alpha value is -2.88. The second kappa shape index (κ2) is 14.0. The molecule has 0 spiro atoms. The summed E-state index contributed by atoms with van der Waals surface area (Å²) < 4.78 is 27.4. The maximum absolute atomic E-state index is 14.0. The molecule has 2 atom stereocenters. The number of halogens is 2. The highest BCUT2D eigenvalue weighted by molar-refractivity contribution is 9.10. The largest absolute Gasteiger partial charge is 0.352 e. The quantitative estimate of drug-likeness (QED) is 0.288. The topological polar surface area (TPSA) is 86.8 Å². The molecule has 0 saturated carbocycles. The zero-order chi connectivity index (χ0) is 28.6. The van der Waals surface area contributed by atoms with Crippen molar-refractivity contribution in [1.29, 1.82) is 0 Å². The number of sulfonamides is 1. The minimum atomic E-state index is -3.82. The van der Waals surface area contributed by atoms with Crippen LogP contribution in [0.15, 0.2) is 83.3 Å². The van der Waals surface area contributed by atoms with Crippen LogP contribution >= 0.6 is 27.5 Å². The molecule has 0 bridgehead atoms. The zero-order valence-electron chi connectivity index (χ0n) is 22.2. The number of carbonyl (C=O) groups is 2. The number of nitrogens with one attached hydrogen (secondary N) is 1. The maximum atomic E-state index is 14.0. The number of carbonyl (C=O) groups excluding carboxylic acids is 2. The van der Waals surface area contributed by atoms with Gasteiger partial charge in [-0.1, -0.05) is 83.0 Å². The van der Waals surface area contributed by atoms with Gasteiger partial charge in [0.2, 0.25) is 21.8 Å². The van der Waals surface area contributed by atoms with E-state index < -0.39 is 28.5 Å². The maximum Gasteiger partial charge on any atom is 0.244 e. The molecule has 0 aliphatic heterocycles. The van der Waals surface area contributed by atoms with Crippen LogP contribution in [0.3, 0.4) is 0 Å². The Morgan fingerprint density at radius 1 is 0.974 bits per heavy atom. The SMILES string of the molecule is CC[C@H](C)NC(=O)[C@H](Cc1ccccc1)N(Cc1ccc(Cl)cc1)C(=O)CN(c1cccc(Br)c1)S(C)(=O)=O. The van der Waals surface area contributed by atoms with Crippen LogP contribution in [0.1, 0.15) is 31.4 Å². The fourth-order valence-electron chi connectivity index (χ4n) is 4.03. The van der Waals surface area contributed by atoms with Crippen LogP contribution in [0.2, 0.25) is 5.02 Å². The molecule has 0 fully saturated rings. The van der Waals surface area contributed by atoms with Crippen molar-refractivity contribution in [3.63, 3.8) is 0 Å². The highest BCUT2D eigenvalue weighted by Crippen LogP contribution is 2.24. The Kier molecular flexibility index (Phi) is 11.0. The molecule has 3 aromatic carbocycles. The summed E-state index contributed by atoms with van der Waals surface area (Å²) >= 11 is 9.45. The van der Waals surface area contributed by atoms with Crippen LogP contribution in [0, 0.1) is 0 Å². The van der Waals surface area contributed by atoms with E-state index in [-0.39, 0.29) is 24.9 Å². The minimum absolute atomic E-state index is 0.0948. The summed E-state index contributed by atoms with van der Waals surface area (Å²) in [5.74, 6) is -0.806. The van der Waals surface area contributed by atoms with E-state index in [0.717, 1.165) is 28.1 Å². The predicted molar refractivity (Wildman–Crippen MR) is 160 cm³/mol. The molecule has 0 saturated heterocycles. The van der Waals surface area contributed by atoms with E-state index in [1.807, 2.05) is 44.2 Å². The molecule has 39 heavy (non-hydrogen) atoms. The van der Waals surface area contributed by atoms with Gasteiger partial charge >= 0.3 is 0 Å². The zero-order valence-corrected chi connectivity index (χ0v) is 25.3. The van der Waals surface area contributed by atoms with E-state index in [1.165, 1.54) is 4.90 Å². The third kappa shape index (κ3) is 9.08. The van der Waals surface area contributed by atoms with Gasteiger partial charge in [-0.15, -0.1) is 0 Å². The fraction of sp³-hybridized carbons (Fsp3) is 0.310. The van der Waals surface area contributed by atoms with E-state index in [2.05, 4.69) is 21.2 Å². The summed E-state index contributed by atoms with van der Waals surface area (Å²) in [7, 11) is -3.82. The highest BCUT2D eigenvalue weighted by atomic mass is 79.9. The molecule has 3 aromatic rings. The smallest absolute Gasteiger partial charge is 0.244 e. The van der Waals surface area contributed by atoms with Crippen molar-refractivity contribution in [1.82, 2.24) is 10.2 Å². The molecule has 1 N–H and O–H groups in total. The summed E-state index contributed by atoms with van der Waals surface area (Å²) in [5.41, 5.74) is 1.98. The van der Waals surface area contributed by atoms with E-state index in [1.54, 1.807) is 48.5 Å². The van der Waals surface area contributed by atoms with Gasteiger partial charge in [0.15, 0.2) is 0 Å². The second-order valence-electron chi connectivity index (χ2n) is 9.42. The molecule has 0 aromatic heterocycles. The first-order chi connectivity index (χ1) is 18.5. The molecular weight excluding hydrogens is 602 g/mol. The Bertz CT molecular complexity index is 1370. The van der Waals surface area contributed by atoms with Crippen LogP contribution in [0.4, 0.5) is 5.69 Å². The molecule has 0 aliphatic rings. The molecule has 7 nitrogen and oxygen atoms in total. The number of anilines is 1. The van der Waals surface area contributed by atoms with Gasteiger partial charge in [-0.25, -0.2) is 8.42 Å². The molecule has 2 amide bonds. The van der Waals surface area contributed by atoms with Gasteiger partial charge in [0.05, 0.1) is 11.9 Å². The lowest BCUT2D eigenvalue weighted by atomic mass is 10.0. The van der Waals surface area contributed by atoms with Crippen LogP contribution in [-0.4, -0.2) is 50.0 Å². The summed E-state index contributed by atoms with van der Waals surface area (Å²) in [6, 6.07) is 22.2. The molecule has 0 heterocycles. The fourth-order valence-corrected chi connectivity index (χ4v) is 5.38. The van der Waals surface area contributed by atoms with Crippen LogP contribution in [0.25, 0.3) is 0 Å². The average molecular weight is 635 g/mol. The van der Waals surface area contributed by atoms with Gasteiger partial charge in [-0.2, -0.15) is 0 Å². The number of amides is 2. The first-order valence-electron chi connectivity index (χ1n) is 12.6. The third-order valence-corrected chi connectivity index (χ3v) is 8.20. The Morgan fingerprint density at radius 2 is 1.64 bits per heavy atom. The van der Waals surface area contributed by atoms with E-state index in [9.17, 15) is 18.0 Å².